The molecule has 0 saturated heterocycles. The fourth-order valence-electron chi connectivity index (χ4n) is 1.04. The number of carboxylic acid groups (broad SMARTS) is 1. The number of fused-ring (bicyclic) bond motifs is 1. The van der Waals surface area contributed by atoms with E-state index in [2.05, 4.69) is 5.32 Å². The van der Waals surface area contributed by atoms with E-state index >= 15 is 0 Å². The first-order valence-corrected chi connectivity index (χ1v) is 5.31. The number of rotatable bonds is 1. The zero-order chi connectivity index (χ0) is 8.55. The normalized spacial score (nSPS) is 15.0. The predicted octanol–water partition coefficient (Wildman–Crippen LogP) is 1.96. The van der Waals surface area contributed by atoms with E-state index < -0.39 is 5.97 Å². The Morgan fingerprint density at radius 3 is 3.17 bits per heavy atom. The number of hydrogen-bond donors (Lipinski definition) is 2. The SMILES string of the molecule is O=C(O)c1cc2c(s1)SCCN2. The highest BCUT2D eigenvalue weighted by Gasteiger charge is 2.16. The molecule has 0 aliphatic carbocycles. The molecule has 0 saturated carbocycles. The molecule has 1 aliphatic rings. The highest BCUT2D eigenvalue weighted by atomic mass is 32.2. The van der Waals surface area contributed by atoms with Gasteiger partial charge in [-0.3, -0.25) is 0 Å². The van der Waals surface area contributed by atoms with Crippen molar-refractivity contribution in [1.29, 1.82) is 0 Å². The molecule has 64 valence electrons. The minimum absolute atomic E-state index is 0.418. The van der Waals surface area contributed by atoms with Crippen LogP contribution in [0.4, 0.5) is 5.69 Å². The van der Waals surface area contributed by atoms with Crippen LogP contribution in [0.15, 0.2) is 10.3 Å². The third kappa shape index (κ3) is 1.30. The summed E-state index contributed by atoms with van der Waals surface area (Å²) in [6.07, 6.45) is 0. The highest BCUT2D eigenvalue weighted by Crippen LogP contribution is 2.38. The maximum absolute atomic E-state index is 10.6. The molecule has 0 fully saturated rings. The van der Waals surface area contributed by atoms with Gasteiger partial charge < -0.3 is 10.4 Å². The largest absolute Gasteiger partial charge is 0.477 e. The van der Waals surface area contributed by atoms with Crippen LogP contribution in [0.2, 0.25) is 0 Å². The lowest BCUT2D eigenvalue weighted by Gasteiger charge is -2.11. The second-order valence-electron chi connectivity index (χ2n) is 2.39. The quantitative estimate of drug-likeness (QED) is 0.729. The summed E-state index contributed by atoms with van der Waals surface area (Å²) < 4.78 is 1.10. The van der Waals surface area contributed by atoms with Crippen molar-refractivity contribution in [3.63, 3.8) is 0 Å². The molecule has 1 aliphatic heterocycles. The second-order valence-corrected chi connectivity index (χ2v) is 4.81. The molecule has 5 heteroatoms. The Bertz CT molecular complexity index is 298. The van der Waals surface area contributed by atoms with Crippen LogP contribution in [-0.4, -0.2) is 23.4 Å². The van der Waals surface area contributed by atoms with Crippen molar-refractivity contribution in [2.45, 2.75) is 4.21 Å². The van der Waals surface area contributed by atoms with Crippen molar-refractivity contribution in [1.82, 2.24) is 0 Å². The molecule has 0 atom stereocenters. The number of thioether (sulfide) groups is 1. The van der Waals surface area contributed by atoms with Gasteiger partial charge in [-0.25, -0.2) is 4.79 Å². The Kier molecular flexibility index (Phi) is 1.98. The van der Waals surface area contributed by atoms with Gasteiger partial charge in [-0.15, -0.1) is 23.1 Å². The Labute approximate surface area is 77.8 Å². The molecule has 0 aromatic carbocycles. The van der Waals surface area contributed by atoms with E-state index in [1.54, 1.807) is 17.8 Å². The molecule has 1 aromatic heterocycles. The van der Waals surface area contributed by atoms with Gasteiger partial charge in [0.05, 0.1) is 9.90 Å². The Morgan fingerprint density at radius 1 is 1.67 bits per heavy atom. The zero-order valence-corrected chi connectivity index (χ0v) is 7.80. The molecule has 12 heavy (non-hydrogen) atoms. The average molecular weight is 201 g/mol. The third-order valence-corrected chi connectivity index (χ3v) is 3.97. The second kappa shape index (κ2) is 2.99. The van der Waals surface area contributed by atoms with Crippen LogP contribution in [-0.2, 0) is 0 Å². The molecular formula is C7H7NO2S2. The third-order valence-electron chi connectivity index (χ3n) is 1.56. The van der Waals surface area contributed by atoms with Crippen LogP contribution in [0.1, 0.15) is 9.67 Å². The number of thiophene rings is 1. The first-order chi connectivity index (χ1) is 5.77. The molecule has 3 nitrogen and oxygen atoms in total. The lowest BCUT2D eigenvalue weighted by Crippen LogP contribution is -2.07. The van der Waals surface area contributed by atoms with Gasteiger partial charge in [0, 0.05) is 12.3 Å². The van der Waals surface area contributed by atoms with E-state index in [0.717, 1.165) is 22.2 Å². The lowest BCUT2D eigenvalue weighted by atomic mass is 10.4. The summed E-state index contributed by atoms with van der Waals surface area (Å²) in [6.45, 7) is 0.924. The fourth-order valence-corrected chi connectivity index (χ4v) is 3.18. The molecule has 0 bridgehead atoms. The Hall–Kier alpha value is -0.680. The van der Waals surface area contributed by atoms with Gasteiger partial charge >= 0.3 is 5.97 Å². The smallest absolute Gasteiger partial charge is 0.345 e. The maximum Gasteiger partial charge on any atom is 0.345 e. The number of carboxylic acids is 1. The van der Waals surface area contributed by atoms with E-state index in [1.165, 1.54) is 11.3 Å². The summed E-state index contributed by atoms with van der Waals surface area (Å²) in [5.41, 5.74) is 0.980. The summed E-state index contributed by atoms with van der Waals surface area (Å²) in [5.74, 6) is 0.184. The van der Waals surface area contributed by atoms with Gasteiger partial charge in [0.1, 0.15) is 4.88 Å². The van der Waals surface area contributed by atoms with E-state index in [4.69, 9.17) is 5.11 Å². The number of anilines is 1. The summed E-state index contributed by atoms with van der Waals surface area (Å²) in [4.78, 5) is 11.0. The summed E-state index contributed by atoms with van der Waals surface area (Å²) in [7, 11) is 0. The predicted molar refractivity (Wildman–Crippen MR) is 50.5 cm³/mol. The van der Waals surface area contributed by atoms with Crippen molar-refractivity contribution in [2.75, 3.05) is 17.6 Å². The standard InChI is InChI=1S/C7H7NO2S2/c9-6(10)5-3-4-7(12-5)11-2-1-8-4/h3,8H,1-2H2,(H,9,10). The summed E-state index contributed by atoms with van der Waals surface area (Å²) >= 11 is 3.06. The van der Waals surface area contributed by atoms with E-state index in [0.29, 0.717) is 4.88 Å². The molecular weight excluding hydrogens is 194 g/mol. The van der Waals surface area contributed by atoms with Crippen LogP contribution in [0, 0.1) is 0 Å². The molecule has 0 spiro atoms. The monoisotopic (exact) mass is 201 g/mol. The molecule has 2 N–H and O–H groups in total. The van der Waals surface area contributed by atoms with Gasteiger partial charge in [-0.05, 0) is 6.07 Å². The lowest BCUT2D eigenvalue weighted by molar-refractivity contribution is 0.0702. The molecule has 2 rings (SSSR count). The molecule has 0 radical (unpaired) electrons. The average Bonchev–Trinajstić information content (AvgIpc) is 2.46. The van der Waals surface area contributed by atoms with Gasteiger partial charge in [0.25, 0.3) is 0 Å². The van der Waals surface area contributed by atoms with Crippen molar-refractivity contribution in [3.8, 4) is 0 Å². The first-order valence-electron chi connectivity index (χ1n) is 3.51. The summed E-state index contributed by atoms with van der Waals surface area (Å²) in [6, 6.07) is 1.70. The number of nitrogens with one attached hydrogen (secondary N) is 1. The van der Waals surface area contributed by atoms with Crippen LogP contribution in [0.3, 0.4) is 0 Å². The van der Waals surface area contributed by atoms with Gasteiger partial charge in [-0.2, -0.15) is 0 Å². The topological polar surface area (TPSA) is 49.3 Å². The van der Waals surface area contributed by atoms with E-state index in [-0.39, 0.29) is 0 Å². The van der Waals surface area contributed by atoms with Crippen molar-refractivity contribution < 1.29 is 9.90 Å². The molecule has 0 unspecified atom stereocenters. The Balaban J connectivity index is 2.38. The van der Waals surface area contributed by atoms with Gasteiger partial charge in [0.15, 0.2) is 0 Å². The van der Waals surface area contributed by atoms with Crippen molar-refractivity contribution in [3.05, 3.63) is 10.9 Å². The van der Waals surface area contributed by atoms with Crippen LogP contribution in [0.5, 0.6) is 0 Å². The minimum atomic E-state index is -0.836. The maximum atomic E-state index is 10.6. The molecule has 0 amide bonds. The summed E-state index contributed by atoms with van der Waals surface area (Å²) in [5, 5.41) is 11.9. The number of carbonyl (C=O) groups is 1. The van der Waals surface area contributed by atoms with Crippen LogP contribution < -0.4 is 5.32 Å². The van der Waals surface area contributed by atoms with E-state index in [9.17, 15) is 4.79 Å². The molecule has 1 aromatic rings. The number of aromatic carboxylic acids is 1. The van der Waals surface area contributed by atoms with Crippen LogP contribution >= 0.6 is 23.1 Å². The first kappa shape index (κ1) is 7.94. The van der Waals surface area contributed by atoms with E-state index in [1.807, 2.05) is 0 Å². The fraction of sp³-hybridized carbons (Fsp3) is 0.286. The Morgan fingerprint density at radius 2 is 2.50 bits per heavy atom. The van der Waals surface area contributed by atoms with Crippen LogP contribution in [0.25, 0.3) is 0 Å². The van der Waals surface area contributed by atoms with Crippen molar-refractivity contribution in [2.24, 2.45) is 0 Å². The van der Waals surface area contributed by atoms with Crippen molar-refractivity contribution >= 4 is 34.8 Å². The van der Waals surface area contributed by atoms with Gasteiger partial charge in [0.2, 0.25) is 0 Å². The highest BCUT2D eigenvalue weighted by molar-refractivity contribution is 8.01. The van der Waals surface area contributed by atoms with Gasteiger partial charge in [-0.1, -0.05) is 0 Å². The minimum Gasteiger partial charge on any atom is -0.477 e. The number of hydrogen-bond acceptors (Lipinski definition) is 4. The zero-order valence-electron chi connectivity index (χ0n) is 6.16. The molecule has 2 heterocycles.